The van der Waals surface area contributed by atoms with Crippen molar-refractivity contribution in [1.29, 1.82) is 0 Å². The van der Waals surface area contributed by atoms with E-state index < -0.39 is 0 Å². The van der Waals surface area contributed by atoms with Crippen LogP contribution < -0.4 is 4.90 Å². The van der Waals surface area contributed by atoms with Gasteiger partial charge in [0.15, 0.2) is 17.0 Å². The molecule has 0 saturated carbocycles. The van der Waals surface area contributed by atoms with Crippen LogP contribution >= 0.6 is 0 Å². The van der Waals surface area contributed by atoms with Gasteiger partial charge in [0.2, 0.25) is 0 Å². The molecule has 5 rings (SSSR count). The fraction of sp³-hybridized carbons (Fsp3) is 0.474. The average molecular weight is 365 g/mol. The highest BCUT2D eigenvalue weighted by Gasteiger charge is 2.44. The van der Waals surface area contributed by atoms with Crippen LogP contribution in [0.15, 0.2) is 37.1 Å². The van der Waals surface area contributed by atoms with Gasteiger partial charge in [-0.05, 0) is 18.6 Å². The maximum absolute atomic E-state index is 5.18. The van der Waals surface area contributed by atoms with E-state index in [9.17, 15) is 0 Å². The molecule has 0 amide bonds. The summed E-state index contributed by atoms with van der Waals surface area (Å²) in [7, 11) is 1.71. The zero-order valence-electron chi connectivity index (χ0n) is 15.4. The van der Waals surface area contributed by atoms with Crippen LogP contribution in [0, 0.1) is 0 Å². The highest BCUT2D eigenvalue weighted by molar-refractivity contribution is 5.83. The minimum absolute atomic E-state index is 0.473. The summed E-state index contributed by atoms with van der Waals surface area (Å²) in [6.45, 7) is 4.32. The summed E-state index contributed by atoms with van der Waals surface area (Å²) < 4.78 is 7.22. The van der Waals surface area contributed by atoms with Crippen molar-refractivity contribution in [2.45, 2.75) is 31.6 Å². The van der Waals surface area contributed by atoms with E-state index in [1.165, 1.54) is 6.42 Å². The number of anilines is 1. The van der Waals surface area contributed by atoms with Gasteiger partial charge in [0.05, 0.1) is 18.6 Å². The maximum atomic E-state index is 5.18. The molecule has 0 N–H and O–H groups in total. The zero-order chi connectivity index (χ0) is 18.2. The molecule has 3 aromatic heterocycles. The van der Waals surface area contributed by atoms with Crippen molar-refractivity contribution in [3.05, 3.63) is 42.7 Å². The lowest BCUT2D eigenvalue weighted by Crippen LogP contribution is -2.46. The van der Waals surface area contributed by atoms with Gasteiger partial charge in [-0.15, -0.1) is 0 Å². The topological polar surface area (TPSA) is 72.2 Å². The molecular weight excluding hydrogens is 342 g/mol. The third kappa shape index (κ3) is 2.94. The van der Waals surface area contributed by atoms with Gasteiger partial charge in [0.1, 0.15) is 6.33 Å². The van der Waals surface area contributed by atoms with E-state index in [4.69, 9.17) is 4.74 Å². The lowest BCUT2D eigenvalue weighted by Gasteiger charge is -2.34. The number of hydrogen-bond donors (Lipinski definition) is 0. The molecule has 0 aromatic carbocycles. The van der Waals surface area contributed by atoms with Crippen LogP contribution in [0.5, 0.6) is 0 Å². The number of hydrogen-bond acceptors (Lipinski definition) is 7. The van der Waals surface area contributed by atoms with Crippen molar-refractivity contribution in [1.82, 2.24) is 29.4 Å². The molecular formula is C19H23N7O. The summed E-state index contributed by atoms with van der Waals surface area (Å²) in [4.78, 5) is 23.1. The van der Waals surface area contributed by atoms with Gasteiger partial charge >= 0.3 is 0 Å². The van der Waals surface area contributed by atoms with Gasteiger partial charge in [0, 0.05) is 51.6 Å². The highest BCUT2D eigenvalue weighted by Crippen LogP contribution is 2.36. The van der Waals surface area contributed by atoms with E-state index in [-0.39, 0.29) is 0 Å². The number of aromatic nitrogens is 5. The van der Waals surface area contributed by atoms with Crippen LogP contribution in [0.1, 0.15) is 12.1 Å². The molecule has 5 heterocycles. The molecule has 27 heavy (non-hydrogen) atoms. The Morgan fingerprint density at radius 2 is 2.07 bits per heavy atom. The molecule has 8 nitrogen and oxygen atoms in total. The summed E-state index contributed by atoms with van der Waals surface area (Å²) in [6, 6.07) is 7.14. The number of fused-ring (bicyclic) bond motifs is 3. The Labute approximate surface area is 157 Å². The summed E-state index contributed by atoms with van der Waals surface area (Å²) in [6.07, 6.45) is 6.53. The molecule has 2 fully saturated rings. The number of likely N-dealkylation sites (tertiary alicyclic amines) is 1. The van der Waals surface area contributed by atoms with E-state index in [0.29, 0.717) is 18.7 Å². The number of methoxy groups -OCH3 is 1. The van der Waals surface area contributed by atoms with Gasteiger partial charge in [0.25, 0.3) is 0 Å². The Morgan fingerprint density at radius 3 is 2.85 bits per heavy atom. The normalized spacial score (nSPS) is 22.2. The van der Waals surface area contributed by atoms with Crippen LogP contribution in [0.2, 0.25) is 0 Å². The number of piperazine rings is 1. The average Bonchev–Trinajstić information content (AvgIpc) is 3.41. The third-order valence-electron chi connectivity index (χ3n) is 5.64. The fourth-order valence-electron chi connectivity index (χ4n) is 4.33. The molecule has 2 aliphatic heterocycles. The molecule has 3 aromatic rings. The molecule has 2 unspecified atom stereocenters. The summed E-state index contributed by atoms with van der Waals surface area (Å²) >= 11 is 0. The van der Waals surface area contributed by atoms with Crippen LogP contribution in [0.25, 0.3) is 11.2 Å². The van der Waals surface area contributed by atoms with Crippen molar-refractivity contribution in [3.63, 3.8) is 0 Å². The molecule has 8 heteroatoms. The van der Waals surface area contributed by atoms with Gasteiger partial charge in [-0.25, -0.2) is 15.0 Å². The standard InChI is InChI=1S/C19H23N7O/c1-27-7-6-24-13-23-17-18(24)21-12-22-19(17)26-11-15-8-16(26)10-25(15)9-14-4-2-3-5-20-14/h2-5,12-13,15-16H,6-11H2,1H3. The number of nitrogens with zero attached hydrogens (tertiary/aromatic N) is 7. The first-order valence-corrected chi connectivity index (χ1v) is 9.39. The first kappa shape index (κ1) is 16.6. The molecule has 2 aliphatic rings. The van der Waals surface area contributed by atoms with Crippen LogP contribution in [-0.4, -0.2) is 68.3 Å². The van der Waals surface area contributed by atoms with Gasteiger partial charge in [-0.1, -0.05) is 6.07 Å². The fourth-order valence-corrected chi connectivity index (χ4v) is 4.33. The number of imidazole rings is 1. The number of rotatable bonds is 6. The molecule has 2 atom stereocenters. The Bertz CT molecular complexity index is 928. The van der Waals surface area contributed by atoms with Gasteiger partial charge in [-0.2, -0.15) is 0 Å². The van der Waals surface area contributed by atoms with Crippen molar-refractivity contribution < 1.29 is 4.74 Å². The van der Waals surface area contributed by atoms with Crippen molar-refractivity contribution in [3.8, 4) is 0 Å². The number of ether oxygens (including phenoxy) is 1. The summed E-state index contributed by atoms with van der Waals surface area (Å²) in [5, 5.41) is 0. The van der Waals surface area contributed by atoms with Crippen molar-refractivity contribution in [2.75, 3.05) is 31.7 Å². The van der Waals surface area contributed by atoms with Crippen LogP contribution in [0.4, 0.5) is 5.82 Å². The Hall–Kier alpha value is -2.58. The minimum atomic E-state index is 0.473. The summed E-state index contributed by atoms with van der Waals surface area (Å²) in [5.41, 5.74) is 2.90. The van der Waals surface area contributed by atoms with E-state index >= 15 is 0 Å². The zero-order valence-corrected chi connectivity index (χ0v) is 15.4. The Balaban J connectivity index is 1.35. The number of pyridine rings is 1. The predicted octanol–water partition coefficient (Wildman–Crippen LogP) is 1.33. The molecule has 140 valence electrons. The van der Waals surface area contributed by atoms with E-state index in [1.54, 1.807) is 13.4 Å². The van der Waals surface area contributed by atoms with Crippen molar-refractivity contribution in [2.24, 2.45) is 0 Å². The Morgan fingerprint density at radius 1 is 1.11 bits per heavy atom. The van der Waals surface area contributed by atoms with E-state index in [0.717, 1.165) is 48.9 Å². The van der Waals surface area contributed by atoms with E-state index in [2.05, 4.69) is 41.9 Å². The molecule has 0 radical (unpaired) electrons. The predicted molar refractivity (Wildman–Crippen MR) is 101 cm³/mol. The molecule has 2 bridgehead atoms. The molecule has 2 saturated heterocycles. The highest BCUT2D eigenvalue weighted by atomic mass is 16.5. The van der Waals surface area contributed by atoms with Crippen molar-refractivity contribution >= 4 is 17.0 Å². The quantitative estimate of drug-likeness (QED) is 0.652. The lowest BCUT2D eigenvalue weighted by atomic mass is 10.2. The van der Waals surface area contributed by atoms with Gasteiger partial charge in [-0.3, -0.25) is 9.88 Å². The van der Waals surface area contributed by atoms with Crippen LogP contribution in [0.3, 0.4) is 0 Å². The second kappa shape index (κ2) is 6.86. The van der Waals surface area contributed by atoms with Crippen LogP contribution in [-0.2, 0) is 17.8 Å². The lowest BCUT2D eigenvalue weighted by molar-refractivity contribution is 0.188. The first-order valence-electron chi connectivity index (χ1n) is 9.39. The Kier molecular flexibility index (Phi) is 4.21. The smallest absolute Gasteiger partial charge is 0.165 e. The SMILES string of the molecule is COCCn1cnc2c(N3CC4CC3CN4Cc3ccccn3)ncnc21. The largest absolute Gasteiger partial charge is 0.383 e. The second-order valence-electron chi connectivity index (χ2n) is 7.25. The second-order valence-corrected chi connectivity index (χ2v) is 7.25. The van der Waals surface area contributed by atoms with E-state index in [1.807, 2.05) is 23.2 Å². The monoisotopic (exact) mass is 365 g/mol. The molecule has 0 aliphatic carbocycles. The molecule has 0 spiro atoms. The summed E-state index contributed by atoms with van der Waals surface area (Å²) in [5.74, 6) is 0.959. The third-order valence-corrected chi connectivity index (χ3v) is 5.64. The van der Waals surface area contributed by atoms with Gasteiger partial charge < -0.3 is 14.2 Å². The first-order chi connectivity index (χ1) is 13.3. The maximum Gasteiger partial charge on any atom is 0.165 e. The minimum Gasteiger partial charge on any atom is -0.383 e.